The van der Waals surface area contributed by atoms with Crippen LogP contribution in [-0.2, 0) is 27.2 Å². The van der Waals surface area contributed by atoms with Crippen molar-refractivity contribution in [2.24, 2.45) is 11.7 Å². The van der Waals surface area contributed by atoms with Crippen LogP contribution >= 0.6 is 11.3 Å². The minimum absolute atomic E-state index is 0.102. The van der Waals surface area contributed by atoms with Crippen LogP contribution in [0, 0.1) is 5.92 Å². The Labute approximate surface area is 212 Å². The van der Waals surface area contributed by atoms with Crippen LogP contribution < -0.4 is 16.4 Å². The Bertz CT molecular complexity index is 967. The summed E-state index contributed by atoms with van der Waals surface area (Å²) in [6.45, 7) is 4.70. The summed E-state index contributed by atoms with van der Waals surface area (Å²) in [6.07, 6.45) is 0.361. The smallest absolute Gasteiger partial charge is 0.475 e. The number of hydrogen-bond donors (Lipinski definition) is 4. The topological polar surface area (TPSA) is 122 Å². The monoisotopic (exact) mass is 527 g/mol. The van der Waals surface area contributed by atoms with Gasteiger partial charge in [-0.05, 0) is 35.8 Å². The summed E-state index contributed by atoms with van der Waals surface area (Å²) < 4.78 is 31.7. The Morgan fingerprint density at radius 1 is 1.11 bits per heavy atom. The van der Waals surface area contributed by atoms with E-state index in [9.17, 15) is 22.8 Å². The first-order chi connectivity index (χ1) is 16.9. The molecule has 1 unspecified atom stereocenters. The number of carboxylic acids is 1. The Balaban J connectivity index is 0.000000809. The van der Waals surface area contributed by atoms with E-state index in [0.29, 0.717) is 13.0 Å². The van der Waals surface area contributed by atoms with Gasteiger partial charge < -0.3 is 21.5 Å². The highest BCUT2D eigenvalue weighted by Gasteiger charge is 2.38. The highest BCUT2D eigenvalue weighted by Crippen LogP contribution is 2.15. The van der Waals surface area contributed by atoms with E-state index >= 15 is 0 Å². The van der Waals surface area contributed by atoms with E-state index in [-0.39, 0.29) is 23.8 Å². The van der Waals surface area contributed by atoms with Gasteiger partial charge in [0.2, 0.25) is 11.8 Å². The molecule has 0 aliphatic rings. The van der Waals surface area contributed by atoms with Crippen molar-refractivity contribution < 1.29 is 32.7 Å². The molecule has 1 aromatic carbocycles. The molecular weight excluding hydrogens is 495 g/mol. The van der Waals surface area contributed by atoms with Crippen molar-refractivity contribution in [3.05, 3.63) is 70.4 Å². The maximum atomic E-state index is 12.7. The van der Waals surface area contributed by atoms with Crippen molar-refractivity contribution in [3.63, 3.8) is 0 Å². The fourth-order valence-corrected chi connectivity index (χ4v) is 3.77. The number of amides is 2. The highest BCUT2D eigenvalue weighted by atomic mass is 32.1. The number of nitrogens with one attached hydrogen (secondary N) is 2. The molecule has 2 amide bonds. The lowest BCUT2D eigenvalue weighted by molar-refractivity contribution is -0.192. The van der Waals surface area contributed by atoms with Gasteiger partial charge in [0.25, 0.3) is 0 Å². The fraction of sp³-hybridized carbons (Fsp3) is 0.400. The third-order valence-electron chi connectivity index (χ3n) is 4.91. The van der Waals surface area contributed by atoms with Crippen LogP contribution in [-0.4, -0.2) is 47.7 Å². The lowest BCUT2D eigenvalue weighted by Crippen LogP contribution is -2.48. The molecule has 0 saturated heterocycles. The van der Waals surface area contributed by atoms with Gasteiger partial charge in [0.05, 0.1) is 12.1 Å². The van der Waals surface area contributed by atoms with Crippen molar-refractivity contribution in [2.45, 2.75) is 51.4 Å². The summed E-state index contributed by atoms with van der Waals surface area (Å²) in [5, 5.41) is 15.0. The molecule has 0 saturated carbocycles. The number of carbonyl (C=O) groups excluding carboxylic acids is 2. The zero-order valence-electron chi connectivity index (χ0n) is 20.1. The van der Waals surface area contributed by atoms with E-state index in [1.807, 2.05) is 42.6 Å². The number of carboxylic acid groups (broad SMARTS) is 1. The predicted octanol–water partition coefficient (Wildman–Crippen LogP) is 3.70. The molecule has 0 bridgehead atoms. The van der Waals surface area contributed by atoms with Crippen molar-refractivity contribution in [1.82, 2.24) is 10.6 Å². The number of rotatable bonds is 11. The van der Waals surface area contributed by atoms with Crippen molar-refractivity contribution in [3.8, 4) is 0 Å². The quantitative estimate of drug-likeness (QED) is 0.332. The van der Waals surface area contributed by atoms with Crippen LogP contribution in [0.25, 0.3) is 0 Å². The standard InChI is InChI=1S/C23H31N3O2S.C2HF3O2/c1-3-13-25-22(27)12-11-21(17(2)15-18-8-5-4-6-9-18)26-23(28)20(24)16-19-10-7-14-29-19;3-2(4,5)1(6)7/h4-12,14,17,20-21H,3,13,15-16,24H2,1-2H3,(H,25,27)(H,26,28);(H,6,7)/b12-11+;/t17?,20-,21+;/m0./s1. The minimum atomic E-state index is -5.08. The fourth-order valence-electron chi connectivity index (χ4n) is 3.00. The molecule has 0 fully saturated rings. The number of hydrogen-bond acceptors (Lipinski definition) is 5. The third kappa shape index (κ3) is 12.5. The molecule has 0 aliphatic heterocycles. The van der Waals surface area contributed by atoms with Gasteiger partial charge in [-0.1, -0.05) is 56.3 Å². The Hall–Kier alpha value is -3.18. The zero-order valence-corrected chi connectivity index (χ0v) is 20.9. The molecule has 198 valence electrons. The summed E-state index contributed by atoms with van der Waals surface area (Å²) in [6, 6.07) is 13.1. The second-order valence-electron chi connectivity index (χ2n) is 8.04. The Morgan fingerprint density at radius 2 is 1.75 bits per heavy atom. The highest BCUT2D eigenvalue weighted by molar-refractivity contribution is 7.09. The molecule has 3 atom stereocenters. The van der Waals surface area contributed by atoms with Crippen molar-refractivity contribution >= 4 is 29.1 Å². The second-order valence-corrected chi connectivity index (χ2v) is 9.08. The van der Waals surface area contributed by atoms with Crippen LogP contribution in [0.2, 0.25) is 0 Å². The maximum Gasteiger partial charge on any atom is 0.490 e. The van der Waals surface area contributed by atoms with E-state index < -0.39 is 18.2 Å². The summed E-state index contributed by atoms with van der Waals surface area (Å²) in [4.78, 5) is 34.6. The molecule has 0 spiro atoms. The molecule has 11 heteroatoms. The van der Waals surface area contributed by atoms with Gasteiger partial charge >= 0.3 is 12.1 Å². The van der Waals surface area contributed by atoms with Crippen LogP contribution in [0.15, 0.2) is 60.0 Å². The Kier molecular flexibility index (Phi) is 13.5. The average Bonchev–Trinajstić information content (AvgIpc) is 3.33. The summed E-state index contributed by atoms with van der Waals surface area (Å²) in [7, 11) is 0. The molecule has 0 aliphatic carbocycles. The molecule has 2 rings (SSSR count). The van der Waals surface area contributed by atoms with Crippen molar-refractivity contribution in [2.75, 3.05) is 6.54 Å². The predicted molar refractivity (Wildman–Crippen MR) is 133 cm³/mol. The van der Waals surface area contributed by atoms with Gasteiger partial charge in [0.15, 0.2) is 0 Å². The van der Waals surface area contributed by atoms with E-state index in [1.165, 1.54) is 11.6 Å². The molecule has 7 nitrogen and oxygen atoms in total. The normalized spacial score (nSPS) is 13.7. The minimum Gasteiger partial charge on any atom is -0.475 e. The molecule has 36 heavy (non-hydrogen) atoms. The third-order valence-corrected chi connectivity index (χ3v) is 5.81. The number of thiophene rings is 1. The number of alkyl halides is 3. The van der Waals surface area contributed by atoms with Gasteiger partial charge in [0.1, 0.15) is 0 Å². The van der Waals surface area contributed by atoms with Gasteiger partial charge in [-0.25, -0.2) is 4.79 Å². The number of halogens is 3. The van der Waals surface area contributed by atoms with Crippen LogP contribution in [0.5, 0.6) is 0 Å². The SMILES string of the molecule is CCCNC(=O)/C=C/[C@@H](NC(=O)[C@@H](N)Cc1cccs1)C(C)Cc1ccccc1.O=C(O)C(F)(F)F. The Morgan fingerprint density at radius 3 is 2.28 bits per heavy atom. The molecule has 2 aromatic rings. The number of benzene rings is 1. The molecule has 1 aromatic heterocycles. The molecule has 1 heterocycles. The van der Waals surface area contributed by atoms with Crippen LogP contribution in [0.3, 0.4) is 0 Å². The first-order valence-electron chi connectivity index (χ1n) is 11.3. The maximum absolute atomic E-state index is 12.7. The summed E-state index contributed by atoms with van der Waals surface area (Å²) in [5.41, 5.74) is 7.31. The van der Waals surface area contributed by atoms with Gasteiger partial charge in [-0.2, -0.15) is 13.2 Å². The summed E-state index contributed by atoms with van der Waals surface area (Å²) in [5.74, 6) is -3.01. The molecular formula is C25H32F3N3O4S. The molecule has 5 N–H and O–H groups in total. The average molecular weight is 528 g/mol. The van der Waals surface area contributed by atoms with E-state index in [4.69, 9.17) is 15.6 Å². The van der Waals surface area contributed by atoms with Crippen LogP contribution in [0.4, 0.5) is 13.2 Å². The van der Waals surface area contributed by atoms with Gasteiger partial charge in [-0.15, -0.1) is 11.3 Å². The van der Waals surface area contributed by atoms with Crippen molar-refractivity contribution in [1.29, 1.82) is 0 Å². The summed E-state index contributed by atoms with van der Waals surface area (Å²) >= 11 is 1.59. The van der Waals surface area contributed by atoms with Crippen LogP contribution in [0.1, 0.15) is 30.7 Å². The van der Waals surface area contributed by atoms with Gasteiger partial charge in [0, 0.05) is 23.9 Å². The molecule has 0 radical (unpaired) electrons. The van der Waals surface area contributed by atoms with E-state index in [2.05, 4.69) is 29.7 Å². The second kappa shape index (κ2) is 15.7. The van der Waals surface area contributed by atoms with Gasteiger partial charge in [-0.3, -0.25) is 9.59 Å². The van der Waals surface area contributed by atoms with E-state index in [0.717, 1.165) is 17.7 Å². The number of carbonyl (C=O) groups is 3. The number of nitrogens with two attached hydrogens (primary N) is 1. The zero-order chi connectivity index (χ0) is 27.1. The first kappa shape index (κ1) is 30.9. The first-order valence-corrected chi connectivity index (χ1v) is 12.2. The lowest BCUT2D eigenvalue weighted by Gasteiger charge is -2.24. The van der Waals surface area contributed by atoms with E-state index in [1.54, 1.807) is 17.4 Å². The largest absolute Gasteiger partial charge is 0.490 e. The lowest BCUT2D eigenvalue weighted by atomic mass is 9.93. The number of aliphatic carboxylic acids is 1.